The van der Waals surface area contributed by atoms with Crippen molar-refractivity contribution < 1.29 is 14.4 Å². The third-order valence-corrected chi connectivity index (χ3v) is 0.948. The molecule has 2 fully saturated rings. The van der Waals surface area contributed by atoms with Crippen LogP contribution in [0.4, 0.5) is 4.79 Å². The molecule has 0 amide bonds. The number of nitrogens with zero attached hydrogens (tertiary/aromatic N) is 1. The van der Waals surface area contributed by atoms with Crippen molar-refractivity contribution in [2.45, 2.75) is 6.23 Å². The number of hydroxylamine groups is 2. The van der Waals surface area contributed by atoms with Crippen LogP contribution in [0.3, 0.4) is 0 Å². The van der Waals surface area contributed by atoms with Crippen molar-refractivity contribution in [3.05, 3.63) is 0 Å². The van der Waals surface area contributed by atoms with Crippen molar-refractivity contribution >= 4 is 6.16 Å². The first-order valence-corrected chi connectivity index (χ1v) is 2.01. The Morgan fingerprint density at radius 3 is 3.00 bits per heavy atom. The van der Waals surface area contributed by atoms with Gasteiger partial charge in [-0.15, -0.1) is 0 Å². The number of fused-ring (bicyclic) bond motifs is 1. The summed E-state index contributed by atoms with van der Waals surface area (Å²) in [5, 5.41) is 1.47. The van der Waals surface area contributed by atoms with E-state index in [0.29, 0.717) is 0 Å². The molecule has 0 N–H and O–H groups in total. The van der Waals surface area contributed by atoms with Crippen molar-refractivity contribution in [2.24, 2.45) is 0 Å². The molecular weight excluding hydrogens is 98.0 g/mol. The Balaban J connectivity index is 2.14. The van der Waals surface area contributed by atoms with Crippen LogP contribution >= 0.6 is 0 Å². The first kappa shape index (κ1) is 3.26. The Labute approximate surface area is 39.6 Å². The van der Waals surface area contributed by atoms with Crippen molar-refractivity contribution in [3.63, 3.8) is 0 Å². The Kier molecular flexibility index (Phi) is 0.346. The topological polar surface area (TPSA) is 38.5 Å². The van der Waals surface area contributed by atoms with Crippen LogP contribution in [0.25, 0.3) is 0 Å². The van der Waals surface area contributed by atoms with Crippen LogP contribution in [0.5, 0.6) is 0 Å². The Morgan fingerprint density at radius 1 is 1.86 bits per heavy atom. The first-order valence-electron chi connectivity index (χ1n) is 2.01. The fourth-order valence-electron chi connectivity index (χ4n) is 0.527. The van der Waals surface area contributed by atoms with E-state index >= 15 is 0 Å². The molecule has 2 atom stereocenters. The lowest BCUT2D eigenvalue weighted by Gasteiger charge is -1.86. The van der Waals surface area contributed by atoms with Crippen molar-refractivity contribution in [1.82, 2.24) is 5.06 Å². The fraction of sp³-hybridized carbons (Fsp3) is 0.667. The van der Waals surface area contributed by atoms with Gasteiger partial charge in [0.05, 0.1) is 6.54 Å². The second-order valence-corrected chi connectivity index (χ2v) is 1.51. The third-order valence-electron chi connectivity index (χ3n) is 0.948. The molecule has 0 radical (unpaired) electrons. The van der Waals surface area contributed by atoms with Crippen molar-refractivity contribution in [2.75, 3.05) is 6.54 Å². The molecule has 2 aliphatic heterocycles. The van der Waals surface area contributed by atoms with E-state index in [1.54, 1.807) is 0 Å². The molecule has 0 aliphatic carbocycles. The van der Waals surface area contributed by atoms with Crippen LogP contribution in [0.15, 0.2) is 0 Å². The predicted octanol–water partition coefficient (Wildman–Crippen LogP) is -0.290. The zero-order valence-corrected chi connectivity index (χ0v) is 3.46. The number of carbonyl (C=O) groups is 1. The molecule has 2 heterocycles. The summed E-state index contributed by atoms with van der Waals surface area (Å²) >= 11 is 0. The highest BCUT2D eigenvalue weighted by Crippen LogP contribution is 2.26. The fourth-order valence-corrected chi connectivity index (χ4v) is 0.527. The van der Waals surface area contributed by atoms with Gasteiger partial charge in [0.15, 0.2) is 0 Å². The van der Waals surface area contributed by atoms with Gasteiger partial charge in [-0.2, -0.15) is 0 Å². The number of hydrogen-bond donors (Lipinski definition) is 0. The van der Waals surface area contributed by atoms with E-state index < -0.39 is 6.16 Å². The second-order valence-electron chi connectivity index (χ2n) is 1.51. The molecule has 0 aromatic carbocycles. The van der Waals surface area contributed by atoms with Gasteiger partial charge < -0.3 is 9.57 Å². The molecule has 2 rings (SSSR count). The SMILES string of the molecule is O=C1OC2CN2O1. The van der Waals surface area contributed by atoms with E-state index in [-0.39, 0.29) is 6.23 Å². The maximum atomic E-state index is 10.00. The average Bonchev–Trinajstić information content (AvgIpc) is 2.15. The molecule has 0 spiro atoms. The molecule has 0 aromatic heterocycles. The minimum absolute atomic E-state index is 0.0486. The highest BCUT2D eigenvalue weighted by molar-refractivity contribution is 5.62. The van der Waals surface area contributed by atoms with Gasteiger partial charge in [0.2, 0.25) is 6.23 Å². The van der Waals surface area contributed by atoms with Crippen LogP contribution in [0.2, 0.25) is 0 Å². The summed E-state index contributed by atoms with van der Waals surface area (Å²) in [6.45, 7) is 0.742. The van der Waals surface area contributed by atoms with Crippen LogP contribution in [-0.2, 0) is 9.57 Å². The standard InChI is InChI=1S/C3H3NO3/c5-3-6-2-1-4(2)7-3/h2H,1H2. The number of hydrogen-bond acceptors (Lipinski definition) is 4. The van der Waals surface area contributed by atoms with Crippen LogP contribution in [0, 0.1) is 0 Å². The summed E-state index contributed by atoms with van der Waals surface area (Å²) in [4.78, 5) is 14.4. The lowest BCUT2D eigenvalue weighted by Crippen LogP contribution is -2.00. The van der Waals surface area contributed by atoms with E-state index in [9.17, 15) is 4.79 Å². The minimum atomic E-state index is -0.573. The highest BCUT2D eigenvalue weighted by Gasteiger charge is 2.49. The summed E-state index contributed by atoms with van der Waals surface area (Å²) in [7, 11) is 0. The smallest absolute Gasteiger partial charge is 0.409 e. The van der Waals surface area contributed by atoms with E-state index in [2.05, 4.69) is 9.57 Å². The summed E-state index contributed by atoms with van der Waals surface area (Å²) in [6.07, 6.45) is -0.622. The molecular formula is C3H3NO3. The molecule has 0 bridgehead atoms. The van der Waals surface area contributed by atoms with Gasteiger partial charge in [-0.05, 0) is 0 Å². The molecule has 38 valence electrons. The van der Waals surface area contributed by atoms with Crippen LogP contribution in [-0.4, -0.2) is 24.0 Å². The van der Waals surface area contributed by atoms with Gasteiger partial charge in [-0.3, -0.25) is 0 Å². The summed E-state index contributed by atoms with van der Waals surface area (Å²) < 4.78 is 4.50. The lowest BCUT2D eigenvalue weighted by molar-refractivity contribution is 0.0191. The Morgan fingerprint density at radius 2 is 2.71 bits per heavy atom. The second kappa shape index (κ2) is 0.742. The lowest BCUT2D eigenvalue weighted by atomic mass is 10.9. The molecule has 2 saturated heterocycles. The molecule has 2 unspecified atom stereocenters. The van der Waals surface area contributed by atoms with Crippen LogP contribution < -0.4 is 0 Å². The quantitative estimate of drug-likeness (QED) is 0.310. The molecule has 2 aliphatic rings. The van der Waals surface area contributed by atoms with Crippen molar-refractivity contribution in [3.8, 4) is 0 Å². The molecule has 7 heavy (non-hydrogen) atoms. The zero-order chi connectivity index (χ0) is 4.85. The normalized spacial score (nSPS) is 44.3. The molecule has 4 nitrogen and oxygen atoms in total. The van der Waals surface area contributed by atoms with Gasteiger partial charge in [-0.25, -0.2) is 4.79 Å². The number of rotatable bonds is 0. The Hall–Kier alpha value is -0.770. The molecule has 0 saturated carbocycles. The zero-order valence-electron chi connectivity index (χ0n) is 3.46. The largest absolute Gasteiger partial charge is 0.529 e. The van der Waals surface area contributed by atoms with Gasteiger partial charge in [-0.1, -0.05) is 5.06 Å². The van der Waals surface area contributed by atoms with E-state index in [1.807, 2.05) is 0 Å². The number of ether oxygens (including phenoxy) is 1. The summed E-state index contributed by atoms with van der Waals surface area (Å²) in [5.41, 5.74) is 0. The van der Waals surface area contributed by atoms with E-state index in [4.69, 9.17) is 0 Å². The van der Waals surface area contributed by atoms with E-state index in [1.165, 1.54) is 5.06 Å². The minimum Gasteiger partial charge on any atom is -0.409 e. The van der Waals surface area contributed by atoms with Gasteiger partial charge in [0.1, 0.15) is 0 Å². The highest BCUT2D eigenvalue weighted by atomic mass is 16.9. The third kappa shape index (κ3) is 0.312. The van der Waals surface area contributed by atoms with Gasteiger partial charge >= 0.3 is 6.16 Å². The average molecular weight is 101 g/mol. The van der Waals surface area contributed by atoms with E-state index in [0.717, 1.165) is 6.54 Å². The van der Waals surface area contributed by atoms with Gasteiger partial charge in [0, 0.05) is 0 Å². The van der Waals surface area contributed by atoms with Crippen molar-refractivity contribution in [1.29, 1.82) is 0 Å². The monoisotopic (exact) mass is 101 g/mol. The van der Waals surface area contributed by atoms with Crippen LogP contribution in [0.1, 0.15) is 0 Å². The van der Waals surface area contributed by atoms with Gasteiger partial charge in [0.25, 0.3) is 0 Å². The Bertz CT molecular complexity index is 111. The summed E-state index contributed by atoms with van der Waals surface area (Å²) in [5.74, 6) is 0. The maximum absolute atomic E-state index is 10.00. The molecule has 4 heteroatoms. The first-order chi connectivity index (χ1) is 3.36. The predicted molar refractivity (Wildman–Crippen MR) is 18.1 cm³/mol. The molecule has 0 aromatic rings. The summed E-state index contributed by atoms with van der Waals surface area (Å²) in [6, 6.07) is 0. The maximum Gasteiger partial charge on any atom is 0.529 e. The number of carbonyl (C=O) groups excluding carboxylic acids is 1.